The molecule has 0 aromatic heterocycles. The van der Waals surface area contributed by atoms with Gasteiger partial charge in [0.2, 0.25) is 5.91 Å². The molecule has 72 valence electrons. The molecular weight excluding hydrogens is 154 g/mol. The van der Waals surface area contributed by atoms with Crippen LogP contribution in [0.25, 0.3) is 0 Å². The molecule has 1 atom stereocenters. The molecule has 0 bridgehead atoms. The maximum absolute atomic E-state index is 11.0. The summed E-state index contributed by atoms with van der Waals surface area (Å²) in [6.07, 6.45) is 2.88. The van der Waals surface area contributed by atoms with Crippen molar-refractivity contribution in [1.29, 1.82) is 0 Å². The number of nitrogens with zero attached hydrogens (tertiary/aromatic N) is 1. The van der Waals surface area contributed by atoms with Crippen LogP contribution in [0.4, 0.5) is 0 Å². The summed E-state index contributed by atoms with van der Waals surface area (Å²) in [4.78, 5) is 11.0. The largest absolute Gasteiger partial charge is 0.286 e. The molecule has 1 heterocycles. The summed E-state index contributed by atoms with van der Waals surface area (Å²) >= 11 is 0. The summed E-state index contributed by atoms with van der Waals surface area (Å²) in [6.45, 7) is 6.36. The number of hydrogen-bond acceptors (Lipinski definition) is 2. The predicted molar refractivity (Wildman–Crippen MR) is 47.9 cm³/mol. The second kappa shape index (κ2) is 6.00. The van der Waals surface area contributed by atoms with E-state index in [1.807, 2.05) is 20.8 Å². The molecule has 0 aromatic rings. The summed E-state index contributed by atoms with van der Waals surface area (Å²) in [7, 11) is 0. The van der Waals surface area contributed by atoms with Gasteiger partial charge in [-0.25, -0.2) is 5.06 Å². The lowest BCUT2D eigenvalue weighted by atomic mass is 10.1. The number of carbonyl (C=O) groups excluding carboxylic acids is 1. The second-order valence-electron chi connectivity index (χ2n) is 2.86. The quantitative estimate of drug-likeness (QED) is 0.569. The van der Waals surface area contributed by atoms with E-state index >= 15 is 0 Å². The molecule has 0 aromatic carbocycles. The molecule has 1 aliphatic heterocycles. The average molecular weight is 173 g/mol. The van der Waals surface area contributed by atoms with Crippen molar-refractivity contribution >= 4 is 5.91 Å². The molecule has 0 spiro atoms. The van der Waals surface area contributed by atoms with E-state index in [-0.39, 0.29) is 11.8 Å². The van der Waals surface area contributed by atoms with Crippen molar-refractivity contribution in [3.05, 3.63) is 0 Å². The maximum Gasteiger partial charge on any atom is 0.248 e. The molecule has 0 radical (unpaired) electrons. The van der Waals surface area contributed by atoms with Gasteiger partial charge in [-0.2, -0.15) is 0 Å². The minimum atomic E-state index is -0.127. The lowest BCUT2D eigenvalue weighted by molar-refractivity contribution is -0.168. The zero-order valence-corrected chi connectivity index (χ0v) is 8.21. The van der Waals surface area contributed by atoms with Crippen molar-refractivity contribution in [2.75, 3.05) is 6.54 Å². The first-order valence-corrected chi connectivity index (χ1v) is 4.72. The van der Waals surface area contributed by atoms with Crippen molar-refractivity contribution in [3.63, 3.8) is 0 Å². The Labute approximate surface area is 74.3 Å². The summed E-state index contributed by atoms with van der Waals surface area (Å²) in [5.41, 5.74) is 0. The fourth-order valence-corrected chi connectivity index (χ4v) is 1.20. The Balaban J connectivity index is 0.000000561. The van der Waals surface area contributed by atoms with Gasteiger partial charge in [0, 0.05) is 12.5 Å². The topological polar surface area (TPSA) is 40.5 Å². The highest BCUT2D eigenvalue weighted by molar-refractivity contribution is 5.77. The van der Waals surface area contributed by atoms with Gasteiger partial charge in [0.1, 0.15) is 0 Å². The predicted octanol–water partition coefficient (Wildman–Crippen LogP) is 2.05. The van der Waals surface area contributed by atoms with Crippen LogP contribution in [0.3, 0.4) is 0 Å². The Bertz CT molecular complexity index is 122. The molecule has 1 fully saturated rings. The summed E-state index contributed by atoms with van der Waals surface area (Å²) in [5, 5.41) is 9.86. The molecule has 1 N–H and O–H groups in total. The first-order chi connectivity index (χ1) is 5.72. The minimum Gasteiger partial charge on any atom is -0.286 e. The summed E-state index contributed by atoms with van der Waals surface area (Å²) in [5.74, 6) is -0.120. The third-order valence-electron chi connectivity index (χ3n) is 1.93. The van der Waals surface area contributed by atoms with Crippen LogP contribution in [-0.2, 0) is 4.79 Å². The monoisotopic (exact) mass is 173 g/mol. The van der Waals surface area contributed by atoms with E-state index in [0.717, 1.165) is 24.3 Å². The molecule has 3 nitrogen and oxygen atoms in total. The molecule has 1 rings (SSSR count). The highest BCUT2D eigenvalue weighted by Gasteiger charge is 2.21. The van der Waals surface area contributed by atoms with Crippen LogP contribution in [0, 0.1) is 5.92 Å². The normalized spacial score (nSPS) is 24.2. The average Bonchev–Trinajstić information content (AvgIpc) is 2.24. The molecule has 1 saturated heterocycles. The van der Waals surface area contributed by atoms with Crippen molar-refractivity contribution in [1.82, 2.24) is 5.06 Å². The number of hydrogen-bond donors (Lipinski definition) is 1. The van der Waals surface area contributed by atoms with E-state index in [1.54, 1.807) is 0 Å². The number of hydroxylamine groups is 2. The minimum absolute atomic E-state index is 0.00694. The van der Waals surface area contributed by atoms with E-state index in [9.17, 15) is 4.79 Å². The van der Waals surface area contributed by atoms with Crippen LogP contribution < -0.4 is 0 Å². The van der Waals surface area contributed by atoms with Crippen molar-refractivity contribution in [2.45, 2.75) is 40.0 Å². The van der Waals surface area contributed by atoms with Gasteiger partial charge in [-0.15, -0.1) is 0 Å². The standard InChI is InChI=1S/C7H13NO2.C2H6/c1-6-4-2-3-5-8(10)7(6)9;1-2/h6,10H,2-5H2,1H3;1-2H3. The van der Waals surface area contributed by atoms with E-state index in [0.29, 0.717) is 6.54 Å². The van der Waals surface area contributed by atoms with Gasteiger partial charge < -0.3 is 0 Å². The Hall–Kier alpha value is -0.570. The van der Waals surface area contributed by atoms with Gasteiger partial charge >= 0.3 is 0 Å². The molecule has 0 saturated carbocycles. The lowest BCUT2D eigenvalue weighted by Gasteiger charge is -2.13. The van der Waals surface area contributed by atoms with E-state index < -0.39 is 0 Å². The number of carbonyl (C=O) groups is 1. The van der Waals surface area contributed by atoms with Crippen molar-refractivity contribution in [3.8, 4) is 0 Å². The summed E-state index contributed by atoms with van der Waals surface area (Å²) < 4.78 is 0. The molecule has 1 aliphatic rings. The lowest BCUT2D eigenvalue weighted by Crippen LogP contribution is -2.30. The first-order valence-electron chi connectivity index (χ1n) is 4.72. The van der Waals surface area contributed by atoms with Crippen molar-refractivity contribution in [2.24, 2.45) is 5.92 Å². The van der Waals surface area contributed by atoms with Gasteiger partial charge in [-0.3, -0.25) is 10.0 Å². The zero-order chi connectivity index (χ0) is 9.56. The Kier molecular flexibility index (Phi) is 5.72. The number of rotatable bonds is 0. The Morgan fingerprint density at radius 2 is 2.00 bits per heavy atom. The highest BCUT2D eigenvalue weighted by atomic mass is 16.5. The Morgan fingerprint density at radius 3 is 2.58 bits per heavy atom. The molecule has 0 aliphatic carbocycles. The summed E-state index contributed by atoms with van der Waals surface area (Å²) in [6, 6.07) is 0. The van der Waals surface area contributed by atoms with E-state index in [2.05, 4.69) is 0 Å². The fourth-order valence-electron chi connectivity index (χ4n) is 1.20. The Morgan fingerprint density at radius 1 is 1.42 bits per heavy atom. The molecule has 1 unspecified atom stereocenters. The van der Waals surface area contributed by atoms with Crippen LogP contribution in [0.1, 0.15) is 40.0 Å². The van der Waals surface area contributed by atoms with Crippen LogP contribution >= 0.6 is 0 Å². The van der Waals surface area contributed by atoms with Crippen LogP contribution in [0.5, 0.6) is 0 Å². The zero-order valence-electron chi connectivity index (χ0n) is 8.21. The third kappa shape index (κ3) is 3.22. The molecule has 3 heteroatoms. The van der Waals surface area contributed by atoms with E-state index in [1.165, 1.54) is 0 Å². The third-order valence-corrected chi connectivity index (χ3v) is 1.93. The molecule has 12 heavy (non-hydrogen) atoms. The van der Waals surface area contributed by atoms with Crippen LogP contribution in [0.2, 0.25) is 0 Å². The van der Waals surface area contributed by atoms with Gasteiger partial charge in [0.05, 0.1) is 0 Å². The molecule has 1 amide bonds. The van der Waals surface area contributed by atoms with E-state index in [4.69, 9.17) is 5.21 Å². The van der Waals surface area contributed by atoms with Gasteiger partial charge in [0.15, 0.2) is 0 Å². The van der Waals surface area contributed by atoms with Crippen molar-refractivity contribution < 1.29 is 10.0 Å². The smallest absolute Gasteiger partial charge is 0.248 e. The number of amides is 1. The SMILES string of the molecule is CC.CC1CCCCN(O)C1=O. The van der Waals surface area contributed by atoms with Gasteiger partial charge in [0.25, 0.3) is 0 Å². The highest BCUT2D eigenvalue weighted by Crippen LogP contribution is 2.15. The first kappa shape index (κ1) is 11.4. The maximum atomic E-state index is 11.0. The molecular formula is C9H19NO2. The van der Waals surface area contributed by atoms with Gasteiger partial charge in [-0.1, -0.05) is 27.2 Å². The fraction of sp³-hybridized carbons (Fsp3) is 0.889. The van der Waals surface area contributed by atoms with Crippen LogP contribution in [-0.4, -0.2) is 22.7 Å². The van der Waals surface area contributed by atoms with Crippen LogP contribution in [0.15, 0.2) is 0 Å². The second-order valence-corrected chi connectivity index (χ2v) is 2.86. The van der Waals surface area contributed by atoms with Gasteiger partial charge in [-0.05, 0) is 12.8 Å².